The lowest BCUT2D eigenvalue weighted by atomic mass is 10.1. The van der Waals surface area contributed by atoms with Crippen LogP contribution in [0, 0.1) is 19.7 Å². The summed E-state index contributed by atoms with van der Waals surface area (Å²) in [5, 5.41) is 23.0. The van der Waals surface area contributed by atoms with Crippen LogP contribution in [-0.4, -0.2) is 45.2 Å². The Morgan fingerprint density at radius 3 is 2.97 bits per heavy atom. The van der Waals surface area contributed by atoms with Crippen molar-refractivity contribution in [1.82, 2.24) is 20.4 Å². The van der Waals surface area contributed by atoms with Gasteiger partial charge in [-0.15, -0.1) is 16.4 Å². The van der Waals surface area contributed by atoms with Crippen LogP contribution in [0.4, 0.5) is 10.1 Å². The molecule has 1 amide bonds. The number of hydrogen-bond donors (Lipinski definition) is 3. The number of aliphatic hydroxyl groups is 1. The number of benzene rings is 1. The molecule has 2 atom stereocenters. The van der Waals surface area contributed by atoms with Crippen LogP contribution in [0.2, 0.25) is 0 Å². The molecule has 2 aromatic heterocycles. The molecule has 2 unspecified atom stereocenters. The number of aryl methyl sites for hydroxylation is 2. The molecule has 3 heterocycles. The molecule has 4 rings (SSSR count). The molecule has 1 fully saturated rings. The van der Waals surface area contributed by atoms with E-state index in [0.29, 0.717) is 34.9 Å². The van der Waals surface area contributed by atoms with Crippen molar-refractivity contribution >= 4 is 33.1 Å². The Labute approximate surface area is 171 Å². The van der Waals surface area contributed by atoms with E-state index in [0.717, 1.165) is 16.6 Å². The highest BCUT2D eigenvalue weighted by Gasteiger charge is 2.32. The fourth-order valence-electron chi connectivity index (χ4n) is 3.64. The van der Waals surface area contributed by atoms with E-state index in [-0.39, 0.29) is 17.5 Å². The van der Waals surface area contributed by atoms with Crippen LogP contribution in [0.1, 0.15) is 39.1 Å². The molecular weight excluding hydrogens is 393 g/mol. The number of rotatable bonds is 4. The number of hydrogen-bond acceptors (Lipinski definition) is 7. The SMILES string of the molecule is Cc1nnc2sc(C(O)N3CCC(NC(=O)c4cccc(F)c4)C3)c(N)c2c1C. The Hall–Kier alpha value is -2.62. The maximum Gasteiger partial charge on any atom is 0.251 e. The maximum absolute atomic E-state index is 13.3. The molecule has 0 saturated carbocycles. The summed E-state index contributed by atoms with van der Waals surface area (Å²) in [6.07, 6.45) is -0.203. The van der Waals surface area contributed by atoms with Gasteiger partial charge in [-0.1, -0.05) is 6.07 Å². The number of aliphatic hydroxyl groups excluding tert-OH is 1. The first kappa shape index (κ1) is 19.7. The van der Waals surface area contributed by atoms with Gasteiger partial charge in [0.25, 0.3) is 5.91 Å². The Morgan fingerprint density at radius 2 is 2.21 bits per heavy atom. The Morgan fingerprint density at radius 1 is 1.41 bits per heavy atom. The van der Waals surface area contributed by atoms with Crippen LogP contribution in [0.15, 0.2) is 24.3 Å². The van der Waals surface area contributed by atoms with E-state index in [1.807, 2.05) is 18.7 Å². The van der Waals surface area contributed by atoms with E-state index >= 15 is 0 Å². The fraction of sp³-hybridized carbons (Fsp3) is 0.350. The van der Waals surface area contributed by atoms with Gasteiger partial charge in [-0.05, 0) is 44.0 Å². The van der Waals surface area contributed by atoms with E-state index in [4.69, 9.17) is 5.73 Å². The summed E-state index contributed by atoms with van der Waals surface area (Å²) in [5.41, 5.74) is 8.91. The fourth-order valence-corrected chi connectivity index (χ4v) is 4.76. The first-order valence-corrected chi connectivity index (χ1v) is 10.2. The molecule has 1 saturated heterocycles. The number of fused-ring (bicyclic) bond motifs is 1. The lowest BCUT2D eigenvalue weighted by Crippen LogP contribution is -2.37. The minimum absolute atomic E-state index is 0.139. The number of nitrogens with two attached hydrogens (primary N) is 1. The van der Waals surface area contributed by atoms with Crippen LogP contribution < -0.4 is 11.1 Å². The lowest BCUT2D eigenvalue weighted by Gasteiger charge is -2.22. The quantitative estimate of drug-likeness (QED) is 0.605. The van der Waals surface area contributed by atoms with Gasteiger partial charge in [0, 0.05) is 30.1 Å². The van der Waals surface area contributed by atoms with Gasteiger partial charge in [-0.3, -0.25) is 9.69 Å². The molecule has 0 radical (unpaired) electrons. The number of nitrogen functional groups attached to an aromatic ring is 1. The number of carbonyl (C=O) groups excluding carboxylic acids is 1. The normalized spacial score (nSPS) is 18.3. The molecule has 9 heteroatoms. The molecule has 152 valence electrons. The summed E-state index contributed by atoms with van der Waals surface area (Å²) in [6, 6.07) is 5.45. The molecule has 29 heavy (non-hydrogen) atoms. The number of carbonyl (C=O) groups is 1. The third-order valence-corrected chi connectivity index (χ3v) is 6.52. The number of thiophene rings is 1. The lowest BCUT2D eigenvalue weighted by molar-refractivity contribution is 0.0209. The second-order valence-electron chi connectivity index (χ2n) is 7.31. The highest BCUT2D eigenvalue weighted by atomic mass is 32.1. The molecule has 0 bridgehead atoms. The smallest absolute Gasteiger partial charge is 0.251 e. The number of nitrogens with one attached hydrogen (secondary N) is 1. The van der Waals surface area contributed by atoms with E-state index < -0.39 is 12.0 Å². The molecule has 0 spiro atoms. The summed E-state index contributed by atoms with van der Waals surface area (Å²) in [6.45, 7) is 4.90. The van der Waals surface area contributed by atoms with E-state index in [2.05, 4.69) is 15.5 Å². The van der Waals surface area contributed by atoms with Crippen LogP contribution in [0.25, 0.3) is 10.2 Å². The van der Waals surface area contributed by atoms with E-state index in [9.17, 15) is 14.3 Å². The van der Waals surface area contributed by atoms with Gasteiger partial charge in [0.05, 0.1) is 16.3 Å². The monoisotopic (exact) mass is 415 g/mol. The van der Waals surface area contributed by atoms with Crippen molar-refractivity contribution in [1.29, 1.82) is 0 Å². The zero-order chi connectivity index (χ0) is 20.7. The summed E-state index contributed by atoms with van der Waals surface area (Å²) in [4.78, 5) is 15.6. The predicted octanol–water partition coefficient (Wildman–Crippen LogP) is 2.52. The van der Waals surface area contributed by atoms with Crippen molar-refractivity contribution in [3.63, 3.8) is 0 Å². The summed E-state index contributed by atoms with van der Waals surface area (Å²) in [7, 11) is 0. The minimum atomic E-state index is -0.884. The Kier molecular flexibility index (Phi) is 5.20. The molecule has 1 aliphatic rings. The summed E-state index contributed by atoms with van der Waals surface area (Å²) < 4.78 is 13.3. The predicted molar refractivity (Wildman–Crippen MR) is 110 cm³/mol. The topological polar surface area (TPSA) is 104 Å². The van der Waals surface area contributed by atoms with Gasteiger partial charge >= 0.3 is 0 Å². The largest absolute Gasteiger partial charge is 0.397 e. The molecule has 1 aliphatic heterocycles. The summed E-state index contributed by atoms with van der Waals surface area (Å²) >= 11 is 1.34. The van der Waals surface area contributed by atoms with E-state index in [1.165, 1.54) is 29.5 Å². The van der Waals surface area contributed by atoms with Crippen molar-refractivity contribution in [2.75, 3.05) is 18.8 Å². The summed E-state index contributed by atoms with van der Waals surface area (Å²) in [5.74, 6) is -0.774. The maximum atomic E-state index is 13.3. The highest BCUT2D eigenvalue weighted by molar-refractivity contribution is 7.19. The molecule has 3 aromatic rings. The highest BCUT2D eigenvalue weighted by Crippen LogP contribution is 2.40. The van der Waals surface area contributed by atoms with Gasteiger partial charge in [-0.25, -0.2) is 4.39 Å². The van der Waals surface area contributed by atoms with Crippen molar-refractivity contribution in [3.8, 4) is 0 Å². The molecule has 1 aromatic carbocycles. The van der Waals surface area contributed by atoms with Crippen molar-refractivity contribution in [2.24, 2.45) is 0 Å². The first-order valence-electron chi connectivity index (χ1n) is 9.35. The molecule has 7 nitrogen and oxygen atoms in total. The number of anilines is 1. The molecule has 0 aliphatic carbocycles. The zero-order valence-corrected chi connectivity index (χ0v) is 17.0. The minimum Gasteiger partial charge on any atom is -0.397 e. The van der Waals surface area contributed by atoms with Crippen molar-refractivity contribution in [2.45, 2.75) is 32.5 Å². The van der Waals surface area contributed by atoms with E-state index in [1.54, 1.807) is 6.07 Å². The standard InChI is InChI=1S/C20H22FN5O2S/c1-10-11(2)24-25-19-15(10)16(22)17(29-19)20(28)26-7-6-14(9-26)23-18(27)12-4-3-5-13(21)8-12/h3-5,8,14,20,28H,6-7,9,22H2,1-2H3,(H,23,27). The van der Waals surface area contributed by atoms with Crippen LogP contribution in [0.5, 0.6) is 0 Å². The first-order chi connectivity index (χ1) is 13.8. The van der Waals surface area contributed by atoms with Gasteiger partial charge in [0.1, 0.15) is 16.9 Å². The zero-order valence-electron chi connectivity index (χ0n) is 16.1. The van der Waals surface area contributed by atoms with Gasteiger partial charge in [0.2, 0.25) is 0 Å². The van der Waals surface area contributed by atoms with Gasteiger partial charge in [0.15, 0.2) is 0 Å². The van der Waals surface area contributed by atoms with Crippen LogP contribution >= 0.6 is 11.3 Å². The molecular formula is C20H22FN5O2S. The number of likely N-dealkylation sites (tertiary alicyclic amines) is 1. The third kappa shape index (κ3) is 3.68. The van der Waals surface area contributed by atoms with Gasteiger partial charge < -0.3 is 16.2 Å². The second-order valence-corrected chi connectivity index (χ2v) is 8.34. The number of amides is 1. The van der Waals surface area contributed by atoms with Gasteiger partial charge in [-0.2, -0.15) is 5.10 Å². The molecule has 4 N–H and O–H groups in total. The number of aromatic nitrogens is 2. The number of nitrogens with zero attached hydrogens (tertiary/aromatic N) is 3. The Balaban J connectivity index is 1.48. The average Bonchev–Trinajstić information content (AvgIpc) is 3.29. The van der Waals surface area contributed by atoms with Crippen molar-refractivity contribution in [3.05, 3.63) is 51.8 Å². The van der Waals surface area contributed by atoms with Crippen LogP contribution in [-0.2, 0) is 0 Å². The van der Waals surface area contributed by atoms with Crippen molar-refractivity contribution < 1.29 is 14.3 Å². The number of halogens is 1. The third-order valence-electron chi connectivity index (χ3n) is 5.39. The Bertz CT molecular complexity index is 1090. The average molecular weight is 415 g/mol. The van der Waals surface area contributed by atoms with Crippen LogP contribution in [0.3, 0.4) is 0 Å². The second kappa shape index (κ2) is 7.66.